The van der Waals surface area contributed by atoms with E-state index in [9.17, 15) is 9.59 Å². The zero-order chi connectivity index (χ0) is 12.3. The van der Waals surface area contributed by atoms with Gasteiger partial charge in [-0.3, -0.25) is 9.59 Å². The maximum absolute atomic E-state index is 10.9. The molecule has 0 spiro atoms. The minimum absolute atomic E-state index is 0.315. The Bertz CT molecular complexity index is 431. The van der Waals surface area contributed by atoms with Crippen molar-refractivity contribution in [1.29, 1.82) is 0 Å². The second-order valence-corrected chi connectivity index (χ2v) is 3.43. The summed E-state index contributed by atoms with van der Waals surface area (Å²) in [4.78, 5) is 21.7. The van der Waals surface area contributed by atoms with Crippen LogP contribution in [0.2, 0.25) is 0 Å². The number of nitrogen functional groups attached to an aromatic ring is 1. The zero-order valence-corrected chi connectivity index (χ0v) is 8.86. The van der Waals surface area contributed by atoms with Gasteiger partial charge in [-0.1, -0.05) is 0 Å². The van der Waals surface area contributed by atoms with Gasteiger partial charge in [-0.05, 0) is 25.1 Å². The van der Waals surface area contributed by atoms with Crippen molar-refractivity contribution in [2.24, 2.45) is 11.5 Å². The maximum atomic E-state index is 10.9. The molecule has 6 heteroatoms. The summed E-state index contributed by atoms with van der Waals surface area (Å²) in [6, 6.07) is 4.00. The largest absolute Gasteiger partial charge is 0.397 e. The van der Waals surface area contributed by atoms with Crippen LogP contribution in [0.3, 0.4) is 0 Å². The molecule has 7 N–H and O–H groups in total. The first-order valence-electron chi connectivity index (χ1n) is 4.67. The van der Waals surface area contributed by atoms with Crippen LogP contribution in [0.15, 0.2) is 18.2 Å². The molecular weight excluding hydrogens is 208 g/mol. The minimum Gasteiger partial charge on any atom is -0.397 e. The maximum Gasteiger partial charge on any atom is 0.248 e. The number of hydrogen-bond donors (Lipinski definition) is 4. The lowest BCUT2D eigenvalue weighted by molar-refractivity contribution is -0.118. The molecule has 0 saturated heterocycles. The molecular formula is C10H14N4O2. The zero-order valence-electron chi connectivity index (χ0n) is 8.86. The Morgan fingerprint density at radius 2 is 1.94 bits per heavy atom. The van der Waals surface area contributed by atoms with E-state index in [1.807, 2.05) is 0 Å². The molecule has 0 fully saturated rings. The molecule has 0 heterocycles. The topological polar surface area (TPSA) is 124 Å². The highest BCUT2D eigenvalue weighted by Gasteiger charge is 2.10. The Hall–Kier alpha value is -2.24. The SMILES string of the molecule is CC(Nc1ccc(C(N)=O)cc1N)C(N)=O. The quantitative estimate of drug-likeness (QED) is 0.520. The van der Waals surface area contributed by atoms with Crippen molar-refractivity contribution in [3.8, 4) is 0 Å². The van der Waals surface area contributed by atoms with Gasteiger partial charge in [0.05, 0.1) is 11.4 Å². The number of carbonyl (C=O) groups is 2. The van der Waals surface area contributed by atoms with Gasteiger partial charge >= 0.3 is 0 Å². The summed E-state index contributed by atoms with van der Waals surface area (Å²) in [6.45, 7) is 1.61. The number of primary amides is 2. The normalized spacial score (nSPS) is 11.8. The third kappa shape index (κ3) is 2.63. The lowest BCUT2D eigenvalue weighted by Gasteiger charge is -2.14. The van der Waals surface area contributed by atoms with Gasteiger partial charge in [0.15, 0.2) is 0 Å². The van der Waals surface area contributed by atoms with E-state index in [4.69, 9.17) is 17.2 Å². The molecule has 0 saturated carbocycles. The van der Waals surface area contributed by atoms with E-state index in [2.05, 4.69) is 5.32 Å². The monoisotopic (exact) mass is 222 g/mol. The van der Waals surface area contributed by atoms with Gasteiger partial charge in [0, 0.05) is 5.56 Å². The van der Waals surface area contributed by atoms with Crippen molar-refractivity contribution in [1.82, 2.24) is 0 Å². The van der Waals surface area contributed by atoms with Crippen molar-refractivity contribution < 1.29 is 9.59 Å². The van der Waals surface area contributed by atoms with E-state index < -0.39 is 17.9 Å². The van der Waals surface area contributed by atoms with E-state index >= 15 is 0 Å². The Balaban J connectivity index is 2.91. The molecule has 86 valence electrons. The minimum atomic E-state index is -0.554. The average molecular weight is 222 g/mol. The summed E-state index contributed by atoms with van der Waals surface area (Å²) in [5.41, 5.74) is 17.1. The fourth-order valence-corrected chi connectivity index (χ4v) is 1.15. The molecule has 1 unspecified atom stereocenters. The molecule has 16 heavy (non-hydrogen) atoms. The van der Waals surface area contributed by atoms with Crippen LogP contribution in [0, 0.1) is 0 Å². The number of benzene rings is 1. The number of nitrogens with two attached hydrogens (primary N) is 3. The number of rotatable bonds is 4. The van der Waals surface area contributed by atoms with Crippen LogP contribution >= 0.6 is 0 Å². The van der Waals surface area contributed by atoms with E-state index in [0.717, 1.165) is 0 Å². The van der Waals surface area contributed by atoms with Gasteiger partial charge in [-0.2, -0.15) is 0 Å². The number of nitrogens with one attached hydrogen (secondary N) is 1. The molecule has 0 aliphatic heterocycles. The van der Waals surface area contributed by atoms with Crippen LogP contribution in [0.25, 0.3) is 0 Å². The molecule has 0 bridgehead atoms. The van der Waals surface area contributed by atoms with E-state index in [1.165, 1.54) is 12.1 Å². The molecule has 0 radical (unpaired) electrons. The number of carbonyl (C=O) groups excluding carboxylic acids is 2. The summed E-state index contributed by atoms with van der Waals surface area (Å²) in [5.74, 6) is -1.04. The van der Waals surface area contributed by atoms with Gasteiger partial charge in [-0.25, -0.2) is 0 Å². The fourth-order valence-electron chi connectivity index (χ4n) is 1.15. The van der Waals surface area contributed by atoms with Crippen LogP contribution in [-0.2, 0) is 4.79 Å². The fraction of sp³-hybridized carbons (Fsp3) is 0.200. The molecule has 0 aliphatic rings. The van der Waals surface area contributed by atoms with Gasteiger partial charge in [0.2, 0.25) is 11.8 Å². The summed E-state index contributed by atoms with van der Waals surface area (Å²) in [7, 11) is 0. The summed E-state index contributed by atoms with van der Waals surface area (Å²) < 4.78 is 0. The standard InChI is InChI=1S/C10H14N4O2/c1-5(9(12)15)14-8-3-2-6(10(13)16)4-7(8)11/h2-5,14H,11H2,1H3,(H2,12,15)(H2,13,16). The first-order chi connectivity index (χ1) is 7.41. The number of hydrogen-bond acceptors (Lipinski definition) is 4. The van der Waals surface area contributed by atoms with Crippen molar-refractivity contribution in [3.63, 3.8) is 0 Å². The van der Waals surface area contributed by atoms with E-state index in [0.29, 0.717) is 16.9 Å². The average Bonchev–Trinajstić information content (AvgIpc) is 2.20. The summed E-state index contributed by atoms with van der Waals surface area (Å²) in [5, 5.41) is 2.82. The Morgan fingerprint density at radius 1 is 1.31 bits per heavy atom. The molecule has 1 rings (SSSR count). The van der Waals surface area contributed by atoms with Crippen LogP contribution in [0.5, 0.6) is 0 Å². The molecule has 1 aromatic carbocycles. The lowest BCUT2D eigenvalue weighted by Crippen LogP contribution is -2.32. The Labute approximate surface area is 92.8 Å². The van der Waals surface area contributed by atoms with Crippen LogP contribution in [0.1, 0.15) is 17.3 Å². The summed E-state index contributed by atoms with van der Waals surface area (Å²) in [6.07, 6.45) is 0. The van der Waals surface area contributed by atoms with Crippen molar-refractivity contribution in [3.05, 3.63) is 23.8 Å². The molecule has 6 nitrogen and oxygen atoms in total. The second kappa shape index (κ2) is 4.52. The van der Waals surface area contributed by atoms with Crippen molar-refractivity contribution >= 4 is 23.2 Å². The van der Waals surface area contributed by atoms with Gasteiger partial charge < -0.3 is 22.5 Å². The Kier molecular flexibility index (Phi) is 3.34. The summed E-state index contributed by atoms with van der Waals surface area (Å²) >= 11 is 0. The van der Waals surface area contributed by atoms with E-state index in [1.54, 1.807) is 13.0 Å². The number of anilines is 2. The predicted molar refractivity (Wildman–Crippen MR) is 61.7 cm³/mol. The first kappa shape index (κ1) is 11.8. The molecule has 1 aromatic rings. The third-order valence-corrected chi connectivity index (χ3v) is 2.13. The highest BCUT2D eigenvalue weighted by Crippen LogP contribution is 2.20. The van der Waals surface area contributed by atoms with Crippen LogP contribution in [-0.4, -0.2) is 17.9 Å². The van der Waals surface area contributed by atoms with Gasteiger partial charge in [0.25, 0.3) is 0 Å². The lowest BCUT2D eigenvalue weighted by atomic mass is 10.1. The smallest absolute Gasteiger partial charge is 0.248 e. The van der Waals surface area contributed by atoms with Crippen molar-refractivity contribution in [2.45, 2.75) is 13.0 Å². The second-order valence-electron chi connectivity index (χ2n) is 3.43. The molecule has 2 amide bonds. The van der Waals surface area contributed by atoms with Crippen LogP contribution < -0.4 is 22.5 Å². The van der Waals surface area contributed by atoms with Crippen LogP contribution in [0.4, 0.5) is 11.4 Å². The van der Waals surface area contributed by atoms with Gasteiger partial charge in [-0.15, -0.1) is 0 Å². The highest BCUT2D eigenvalue weighted by atomic mass is 16.1. The van der Waals surface area contributed by atoms with Crippen molar-refractivity contribution in [2.75, 3.05) is 11.1 Å². The molecule has 0 aliphatic carbocycles. The molecule has 0 aromatic heterocycles. The third-order valence-electron chi connectivity index (χ3n) is 2.13. The number of amides is 2. The Morgan fingerprint density at radius 3 is 2.38 bits per heavy atom. The van der Waals surface area contributed by atoms with Gasteiger partial charge in [0.1, 0.15) is 6.04 Å². The van der Waals surface area contributed by atoms with E-state index in [-0.39, 0.29) is 0 Å². The molecule has 1 atom stereocenters. The predicted octanol–water partition coefficient (Wildman–Crippen LogP) is -0.347. The highest BCUT2D eigenvalue weighted by molar-refractivity contribution is 5.95. The first-order valence-corrected chi connectivity index (χ1v) is 4.67.